The molecule has 2 aliphatic carbocycles. The predicted molar refractivity (Wildman–Crippen MR) is 111 cm³/mol. The average molecular weight is 401 g/mol. The van der Waals surface area contributed by atoms with Crippen LogP contribution in [-0.4, -0.2) is 27.6 Å². The lowest BCUT2D eigenvalue weighted by molar-refractivity contribution is 0.0951. The van der Waals surface area contributed by atoms with Gasteiger partial charge in [-0.2, -0.15) is 5.10 Å². The summed E-state index contributed by atoms with van der Waals surface area (Å²) in [5.41, 5.74) is 4.00. The monoisotopic (exact) mass is 400 g/mol. The van der Waals surface area contributed by atoms with E-state index >= 15 is 0 Å². The Morgan fingerprint density at radius 1 is 1.18 bits per heavy atom. The minimum Gasteiger partial charge on any atom is -0.349 e. The quantitative estimate of drug-likeness (QED) is 0.800. The van der Waals surface area contributed by atoms with E-state index < -0.39 is 0 Å². The molecule has 2 aliphatic rings. The number of fused-ring (bicyclic) bond motifs is 1. The van der Waals surface area contributed by atoms with Crippen molar-refractivity contribution in [3.05, 3.63) is 33.0 Å². The summed E-state index contributed by atoms with van der Waals surface area (Å²) in [6, 6.07) is 0.293. The smallest absolute Gasteiger partial charge is 0.260 e. The summed E-state index contributed by atoms with van der Waals surface area (Å²) in [6.07, 6.45) is 5.06. The first kappa shape index (κ1) is 19.2. The molecule has 2 heterocycles. The van der Waals surface area contributed by atoms with Crippen LogP contribution in [-0.2, 0) is 19.4 Å². The van der Waals surface area contributed by atoms with Crippen LogP contribution in [0.3, 0.4) is 0 Å². The van der Waals surface area contributed by atoms with Crippen LogP contribution >= 0.6 is 11.3 Å². The normalized spacial score (nSPS) is 18.6. The molecule has 0 bridgehead atoms. The number of hydrogen-bond acceptors (Lipinski definition) is 4. The molecule has 1 saturated carbocycles. The van der Waals surface area contributed by atoms with Crippen molar-refractivity contribution in [2.24, 2.45) is 5.92 Å². The van der Waals surface area contributed by atoms with Crippen molar-refractivity contribution in [3.8, 4) is 0 Å². The van der Waals surface area contributed by atoms with E-state index in [0.29, 0.717) is 28.1 Å². The van der Waals surface area contributed by atoms with Gasteiger partial charge in [0, 0.05) is 23.2 Å². The van der Waals surface area contributed by atoms with Gasteiger partial charge < -0.3 is 10.6 Å². The number of nitrogens with zero attached hydrogens (tertiary/aromatic N) is 2. The van der Waals surface area contributed by atoms with Crippen molar-refractivity contribution in [2.75, 3.05) is 5.32 Å². The molecule has 2 N–H and O–H groups in total. The maximum absolute atomic E-state index is 13.1. The minimum atomic E-state index is -0.179. The van der Waals surface area contributed by atoms with Crippen LogP contribution in [0.1, 0.15) is 75.7 Å². The second kappa shape index (κ2) is 7.35. The van der Waals surface area contributed by atoms with Gasteiger partial charge in [-0.3, -0.25) is 14.3 Å². The molecule has 4 rings (SSSR count). The van der Waals surface area contributed by atoms with Crippen molar-refractivity contribution >= 4 is 28.2 Å². The molecule has 2 aromatic heterocycles. The second-order valence-electron chi connectivity index (χ2n) is 8.12. The van der Waals surface area contributed by atoms with E-state index in [-0.39, 0.29) is 11.8 Å². The van der Waals surface area contributed by atoms with E-state index in [1.165, 1.54) is 4.88 Å². The summed E-state index contributed by atoms with van der Waals surface area (Å²) in [5.74, 6) is 0.394. The summed E-state index contributed by atoms with van der Waals surface area (Å²) in [4.78, 5) is 27.3. The topological polar surface area (TPSA) is 76.0 Å². The molecular formula is C21H28N4O2S. The minimum absolute atomic E-state index is 0.0393. The molecule has 150 valence electrons. The highest BCUT2D eigenvalue weighted by Crippen LogP contribution is 2.40. The van der Waals surface area contributed by atoms with Gasteiger partial charge in [0.2, 0.25) is 0 Å². The highest BCUT2D eigenvalue weighted by atomic mass is 32.1. The van der Waals surface area contributed by atoms with Gasteiger partial charge >= 0.3 is 0 Å². The van der Waals surface area contributed by atoms with Crippen LogP contribution in [0.25, 0.3) is 0 Å². The lowest BCUT2D eigenvalue weighted by Gasteiger charge is -2.18. The van der Waals surface area contributed by atoms with Crippen LogP contribution < -0.4 is 10.6 Å². The Kier molecular flexibility index (Phi) is 5.04. The summed E-state index contributed by atoms with van der Waals surface area (Å²) < 4.78 is 1.84. The molecule has 0 aromatic carbocycles. The highest BCUT2D eigenvalue weighted by Gasteiger charge is 2.32. The number of anilines is 1. The Balaban J connectivity index is 1.68. The Labute approximate surface area is 169 Å². The molecular weight excluding hydrogens is 372 g/mol. The summed E-state index contributed by atoms with van der Waals surface area (Å²) in [6.45, 7) is 8.75. The third-order valence-corrected chi connectivity index (χ3v) is 6.96. The molecule has 6 nitrogen and oxygen atoms in total. The predicted octanol–water partition coefficient (Wildman–Crippen LogP) is 3.85. The largest absolute Gasteiger partial charge is 0.349 e. The first-order chi connectivity index (χ1) is 13.4. The van der Waals surface area contributed by atoms with Gasteiger partial charge in [-0.15, -0.1) is 11.3 Å². The Hall–Kier alpha value is -2.15. The van der Waals surface area contributed by atoms with Crippen molar-refractivity contribution in [3.63, 3.8) is 0 Å². The van der Waals surface area contributed by atoms with Gasteiger partial charge in [0.25, 0.3) is 11.8 Å². The average Bonchev–Trinajstić information content (AvgIpc) is 3.30. The first-order valence-corrected chi connectivity index (χ1v) is 11.0. The van der Waals surface area contributed by atoms with Crippen molar-refractivity contribution < 1.29 is 9.59 Å². The molecule has 1 fully saturated rings. The Morgan fingerprint density at radius 2 is 1.93 bits per heavy atom. The fourth-order valence-electron chi connectivity index (χ4n) is 4.06. The van der Waals surface area contributed by atoms with E-state index in [0.717, 1.165) is 55.6 Å². The van der Waals surface area contributed by atoms with Crippen LogP contribution in [0.2, 0.25) is 0 Å². The molecule has 7 heteroatoms. The number of carbonyl (C=O) groups excluding carboxylic acids is 2. The maximum atomic E-state index is 13.1. The number of aryl methyl sites for hydroxylation is 2. The number of nitrogens with one attached hydrogen (secondary N) is 2. The molecule has 2 amide bonds. The summed E-state index contributed by atoms with van der Waals surface area (Å²) >= 11 is 1.57. The zero-order valence-corrected chi connectivity index (χ0v) is 17.8. The van der Waals surface area contributed by atoms with Gasteiger partial charge in [-0.1, -0.05) is 6.92 Å². The van der Waals surface area contributed by atoms with Crippen molar-refractivity contribution in [1.82, 2.24) is 15.1 Å². The summed E-state index contributed by atoms with van der Waals surface area (Å²) in [5, 5.41) is 11.3. The van der Waals surface area contributed by atoms with Gasteiger partial charge in [-0.05, 0) is 64.4 Å². The summed E-state index contributed by atoms with van der Waals surface area (Å²) in [7, 11) is 0. The van der Waals surface area contributed by atoms with Crippen LogP contribution in [0.15, 0.2) is 0 Å². The van der Waals surface area contributed by atoms with Crippen LogP contribution in [0, 0.1) is 19.8 Å². The van der Waals surface area contributed by atoms with Gasteiger partial charge in [-0.25, -0.2) is 0 Å². The zero-order valence-electron chi connectivity index (χ0n) is 17.0. The number of carbonyl (C=O) groups is 2. The van der Waals surface area contributed by atoms with Crippen molar-refractivity contribution in [2.45, 2.75) is 72.4 Å². The SMILES string of the molecule is CCn1nc(C)c(C(=O)Nc2sc3c(c2C(=O)NC2CC2)CC[C@@H](C)C3)c1C. The van der Waals surface area contributed by atoms with Crippen LogP contribution in [0.4, 0.5) is 5.00 Å². The number of rotatable bonds is 5. The third kappa shape index (κ3) is 3.48. The second-order valence-corrected chi connectivity index (χ2v) is 9.22. The first-order valence-electron chi connectivity index (χ1n) is 10.2. The van der Waals surface area contributed by atoms with Crippen LogP contribution in [0.5, 0.6) is 0 Å². The number of aromatic nitrogens is 2. The lowest BCUT2D eigenvalue weighted by Crippen LogP contribution is -2.28. The van der Waals surface area contributed by atoms with Gasteiger partial charge in [0.15, 0.2) is 0 Å². The standard InChI is InChI=1S/C21H28N4O2S/c1-5-25-13(4)17(12(3)24-25)19(26)23-21-18(20(27)22-14-7-8-14)15-9-6-11(2)10-16(15)28-21/h11,14H,5-10H2,1-4H3,(H,22,27)(H,23,26)/t11-/m1/s1. The van der Waals surface area contributed by atoms with Gasteiger partial charge in [0.1, 0.15) is 5.00 Å². The fourth-order valence-corrected chi connectivity index (χ4v) is 5.47. The van der Waals surface area contributed by atoms with E-state index in [1.807, 2.05) is 25.5 Å². The third-order valence-electron chi connectivity index (χ3n) is 5.79. The fraction of sp³-hybridized carbons (Fsp3) is 0.571. The highest BCUT2D eigenvalue weighted by molar-refractivity contribution is 7.17. The Bertz CT molecular complexity index is 939. The number of hydrogen-bond donors (Lipinski definition) is 2. The number of amides is 2. The molecule has 0 radical (unpaired) electrons. The van der Waals surface area contributed by atoms with E-state index in [1.54, 1.807) is 11.3 Å². The maximum Gasteiger partial charge on any atom is 0.260 e. The van der Waals surface area contributed by atoms with Gasteiger partial charge in [0.05, 0.1) is 16.8 Å². The molecule has 0 spiro atoms. The lowest BCUT2D eigenvalue weighted by atomic mass is 9.88. The zero-order chi connectivity index (χ0) is 20.0. The number of thiophene rings is 1. The molecule has 0 unspecified atom stereocenters. The molecule has 2 aromatic rings. The van der Waals surface area contributed by atoms with Crippen molar-refractivity contribution in [1.29, 1.82) is 0 Å². The molecule has 1 atom stereocenters. The van der Waals surface area contributed by atoms with E-state index in [2.05, 4.69) is 22.7 Å². The van der Waals surface area contributed by atoms with E-state index in [9.17, 15) is 9.59 Å². The molecule has 0 saturated heterocycles. The van der Waals surface area contributed by atoms with E-state index in [4.69, 9.17) is 0 Å². The molecule has 0 aliphatic heterocycles. The Morgan fingerprint density at radius 3 is 2.57 bits per heavy atom. The molecule has 28 heavy (non-hydrogen) atoms.